The molecule has 0 aromatic heterocycles. The van der Waals surface area contributed by atoms with E-state index >= 15 is 0 Å². The van der Waals surface area contributed by atoms with E-state index in [1.165, 1.54) is 36.4 Å². The Hall–Kier alpha value is -3.28. The Labute approximate surface area is 147 Å². The molecule has 0 amide bonds. The molecule has 3 aromatic rings. The number of benzene rings is 3. The van der Waals surface area contributed by atoms with Crippen LogP contribution < -0.4 is 9.47 Å². The normalized spacial score (nSPS) is 10.6. The van der Waals surface area contributed by atoms with Gasteiger partial charge >= 0.3 is 5.97 Å². The summed E-state index contributed by atoms with van der Waals surface area (Å²) in [7, 11) is 0. The van der Waals surface area contributed by atoms with Gasteiger partial charge in [-0.1, -0.05) is 18.7 Å². The van der Waals surface area contributed by atoms with Gasteiger partial charge in [0.25, 0.3) is 0 Å². The lowest BCUT2D eigenvalue weighted by molar-refractivity contribution is 0.0730. The maximum atomic E-state index is 14.1. The number of halogens is 3. The van der Waals surface area contributed by atoms with Gasteiger partial charge in [-0.25, -0.2) is 18.0 Å². The van der Waals surface area contributed by atoms with Crippen molar-refractivity contribution < 1.29 is 27.4 Å². The average molecular weight is 358 g/mol. The third-order valence-electron chi connectivity index (χ3n) is 3.59. The molecule has 0 fully saturated rings. The van der Waals surface area contributed by atoms with E-state index in [1.807, 2.05) is 0 Å². The van der Waals surface area contributed by atoms with E-state index in [2.05, 4.69) is 6.58 Å². The summed E-state index contributed by atoms with van der Waals surface area (Å²) in [6.07, 6.45) is 1.51. The molecule has 0 spiro atoms. The van der Waals surface area contributed by atoms with Gasteiger partial charge in [-0.3, -0.25) is 0 Å². The minimum atomic E-state index is -1.01. The average Bonchev–Trinajstić information content (AvgIpc) is 2.61. The van der Waals surface area contributed by atoms with Gasteiger partial charge in [-0.2, -0.15) is 0 Å². The first kappa shape index (κ1) is 17.5. The Morgan fingerprint density at radius 3 is 2.27 bits per heavy atom. The molecule has 0 saturated heterocycles. The molecule has 6 heteroatoms. The number of rotatable bonds is 5. The molecule has 26 heavy (non-hydrogen) atoms. The summed E-state index contributed by atoms with van der Waals surface area (Å²) in [4.78, 5) is 12.2. The van der Waals surface area contributed by atoms with Crippen molar-refractivity contribution in [3.05, 3.63) is 84.2 Å². The van der Waals surface area contributed by atoms with Crippen LogP contribution in [0.2, 0.25) is 0 Å². The van der Waals surface area contributed by atoms with Crippen molar-refractivity contribution in [2.45, 2.75) is 0 Å². The third-order valence-corrected chi connectivity index (χ3v) is 3.59. The second kappa shape index (κ2) is 7.31. The quantitative estimate of drug-likeness (QED) is 0.364. The van der Waals surface area contributed by atoms with Crippen LogP contribution in [0, 0.1) is 17.5 Å². The first-order valence-corrected chi connectivity index (χ1v) is 7.62. The Kier molecular flexibility index (Phi) is 4.93. The maximum Gasteiger partial charge on any atom is 0.346 e. The monoisotopic (exact) mass is 358 g/mol. The Morgan fingerprint density at radius 2 is 1.58 bits per heavy atom. The number of esters is 1. The van der Waals surface area contributed by atoms with Crippen LogP contribution in [0.4, 0.5) is 13.2 Å². The lowest BCUT2D eigenvalue weighted by Crippen LogP contribution is -2.11. The van der Waals surface area contributed by atoms with E-state index < -0.39 is 23.4 Å². The zero-order valence-corrected chi connectivity index (χ0v) is 13.5. The summed E-state index contributed by atoms with van der Waals surface area (Å²) in [5, 5.41) is 0.793. The van der Waals surface area contributed by atoms with Crippen LogP contribution in [0.5, 0.6) is 11.5 Å². The molecule has 3 rings (SSSR count). The molecule has 0 atom stereocenters. The van der Waals surface area contributed by atoms with Gasteiger partial charge in [-0.15, -0.1) is 0 Å². The van der Waals surface area contributed by atoms with Gasteiger partial charge in [-0.05, 0) is 47.2 Å². The fourth-order valence-corrected chi connectivity index (χ4v) is 2.35. The highest BCUT2D eigenvalue weighted by molar-refractivity contribution is 5.92. The zero-order valence-electron chi connectivity index (χ0n) is 13.5. The molecule has 0 aliphatic carbocycles. The molecule has 132 valence electrons. The molecule has 0 unspecified atom stereocenters. The zero-order chi connectivity index (χ0) is 18.7. The summed E-state index contributed by atoms with van der Waals surface area (Å²) < 4.78 is 50.9. The first-order chi connectivity index (χ1) is 12.5. The molecule has 0 bridgehead atoms. The Balaban J connectivity index is 1.82. The van der Waals surface area contributed by atoms with Crippen LogP contribution in [-0.4, -0.2) is 12.6 Å². The second-order valence-electron chi connectivity index (χ2n) is 5.41. The summed E-state index contributed by atoms with van der Waals surface area (Å²) in [5.74, 6) is -3.36. The fraction of sp³-hybridized carbons (Fsp3) is 0.0500. The summed E-state index contributed by atoms with van der Waals surface area (Å²) in [5.41, 5.74) is -0.277. The van der Waals surface area contributed by atoms with Crippen molar-refractivity contribution in [3.63, 3.8) is 0 Å². The summed E-state index contributed by atoms with van der Waals surface area (Å²) in [6.45, 7) is 3.69. The first-order valence-electron chi connectivity index (χ1n) is 7.62. The van der Waals surface area contributed by atoms with Crippen LogP contribution >= 0.6 is 0 Å². The van der Waals surface area contributed by atoms with Crippen LogP contribution in [0.25, 0.3) is 10.8 Å². The van der Waals surface area contributed by atoms with Crippen LogP contribution in [0.15, 0.2) is 61.2 Å². The second-order valence-corrected chi connectivity index (χ2v) is 5.41. The van der Waals surface area contributed by atoms with E-state index in [9.17, 15) is 18.0 Å². The van der Waals surface area contributed by atoms with Gasteiger partial charge in [0.1, 0.15) is 23.9 Å². The van der Waals surface area contributed by atoms with Crippen molar-refractivity contribution in [1.29, 1.82) is 0 Å². The standard InChI is InChI=1S/C20H13F3O3/c1-2-7-25-14-5-6-16(17(21)11-14)20(24)26-15-4-3-12-9-18(22)19(23)10-13(12)8-15/h2-6,8-11H,1,7H2. The van der Waals surface area contributed by atoms with E-state index in [1.54, 1.807) is 0 Å². The van der Waals surface area contributed by atoms with E-state index in [-0.39, 0.29) is 23.7 Å². The molecule has 0 radical (unpaired) electrons. The van der Waals surface area contributed by atoms with Crippen LogP contribution in [0.3, 0.4) is 0 Å². The molecule has 0 aliphatic rings. The van der Waals surface area contributed by atoms with Gasteiger partial charge in [0.2, 0.25) is 0 Å². The molecule has 3 nitrogen and oxygen atoms in total. The van der Waals surface area contributed by atoms with Crippen molar-refractivity contribution >= 4 is 16.7 Å². The van der Waals surface area contributed by atoms with Crippen LogP contribution in [0.1, 0.15) is 10.4 Å². The summed E-state index contributed by atoms with van der Waals surface area (Å²) in [6, 6.07) is 10.0. The van der Waals surface area contributed by atoms with E-state index in [0.717, 1.165) is 18.2 Å². The third kappa shape index (κ3) is 3.69. The van der Waals surface area contributed by atoms with Gasteiger partial charge in [0.15, 0.2) is 11.6 Å². The van der Waals surface area contributed by atoms with Gasteiger partial charge < -0.3 is 9.47 Å². The molecular weight excluding hydrogens is 345 g/mol. The SMILES string of the molecule is C=CCOc1ccc(C(=O)Oc2ccc3cc(F)c(F)cc3c2)c(F)c1. The van der Waals surface area contributed by atoms with Crippen LogP contribution in [-0.2, 0) is 0 Å². The topological polar surface area (TPSA) is 35.5 Å². The van der Waals surface area contributed by atoms with Gasteiger partial charge in [0, 0.05) is 6.07 Å². The van der Waals surface area contributed by atoms with Crippen molar-refractivity contribution in [3.8, 4) is 11.5 Å². The van der Waals surface area contributed by atoms with Gasteiger partial charge in [0.05, 0.1) is 5.56 Å². The van der Waals surface area contributed by atoms with E-state index in [0.29, 0.717) is 10.8 Å². The lowest BCUT2D eigenvalue weighted by Gasteiger charge is -2.08. The molecule has 0 saturated carbocycles. The van der Waals surface area contributed by atoms with Crippen molar-refractivity contribution in [2.75, 3.05) is 6.61 Å². The Bertz CT molecular complexity index is 999. The highest BCUT2D eigenvalue weighted by atomic mass is 19.2. The number of ether oxygens (including phenoxy) is 2. The number of carbonyl (C=O) groups is 1. The van der Waals surface area contributed by atoms with Crippen molar-refractivity contribution in [1.82, 2.24) is 0 Å². The number of carbonyl (C=O) groups excluding carboxylic acids is 1. The molecule has 0 N–H and O–H groups in total. The minimum Gasteiger partial charge on any atom is -0.489 e. The smallest absolute Gasteiger partial charge is 0.346 e. The highest BCUT2D eigenvalue weighted by Crippen LogP contribution is 2.25. The van der Waals surface area contributed by atoms with Crippen molar-refractivity contribution in [2.24, 2.45) is 0 Å². The predicted molar refractivity (Wildman–Crippen MR) is 90.9 cm³/mol. The predicted octanol–water partition coefficient (Wildman–Crippen LogP) is 5.04. The molecule has 0 heterocycles. The molecule has 0 aliphatic heterocycles. The largest absolute Gasteiger partial charge is 0.489 e. The minimum absolute atomic E-state index is 0.0832. The maximum absolute atomic E-state index is 14.1. The number of hydrogen-bond donors (Lipinski definition) is 0. The fourth-order valence-electron chi connectivity index (χ4n) is 2.35. The highest BCUT2D eigenvalue weighted by Gasteiger charge is 2.15. The number of fused-ring (bicyclic) bond motifs is 1. The molecule has 3 aromatic carbocycles. The molecular formula is C20H13F3O3. The lowest BCUT2D eigenvalue weighted by atomic mass is 10.1. The van der Waals surface area contributed by atoms with E-state index in [4.69, 9.17) is 9.47 Å². The number of hydrogen-bond acceptors (Lipinski definition) is 3. The summed E-state index contributed by atoms with van der Waals surface area (Å²) >= 11 is 0. The Morgan fingerprint density at radius 1 is 0.885 bits per heavy atom.